The van der Waals surface area contributed by atoms with Crippen LogP contribution in [-0.2, 0) is 107 Å². The van der Waals surface area contributed by atoms with Gasteiger partial charge in [-0.2, -0.15) is 20.3 Å². The van der Waals surface area contributed by atoms with Crippen molar-refractivity contribution in [3.05, 3.63) is 144 Å². The first-order valence-electron chi connectivity index (χ1n) is 47.3. The molecule has 6 unspecified atom stereocenters. The summed E-state index contributed by atoms with van der Waals surface area (Å²) in [5.74, 6) is -1.55. The molecule has 11 N–H and O–H groups in total. The van der Waals surface area contributed by atoms with Crippen LogP contribution in [0.1, 0.15) is 215 Å². The number of hydrogen-bond acceptors (Lipinski definition) is 30. The summed E-state index contributed by atoms with van der Waals surface area (Å²) in [6.07, 6.45) is -4.63. The van der Waals surface area contributed by atoms with Crippen LogP contribution < -0.4 is 78.0 Å². The predicted molar refractivity (Wildman–Crippen MR) is 549 cm³/mol. The van der Waals surface area contributed by atoms with Gasteiger partial charge < -0.3 is 111 Å². The van der Waals surface area contributed by atoms with E-state index in [9.17, 15) is 70.7 Å². The molecule has 38 nitrogen and oxygen atoms in total. The standard InChI is InChI=1S/C21H32N2O6.C16H24N2O4.C14H18N2O3.C14H20N2O2.C13H26N2O4.C8H18N2O2.C5H9BrO2.C2HF3O.C2H6.CH4O.CH3O.CH4.B3.Na/c1-6-27-18(24)16(2)23(14-10-13-22-19(25)29-21(3,4)5)20(26)28-15-17-11-8-7-9-12-17;1-3-21-15(19)13(2)18(11-7-10-17)16(20)22-12-14-8-5-4-6-9-14;1-11-13(17)15-8-5-9-16(11)14(18)19-10-12-6-3-2-4-7-12;1-12-10-15-8-5-9-16(12)14(17)18-11-13-6-3-2-4-7-13;1-6-18-11(16)10(2)14-8-7-9-15-12(17)19-13(3,4)5;1-8(2,3)12-7(11)10-6-4-5-9;1-3-8-5(7)4(2)6;3-2(4,5)1-6;3*1-2;;1-3-2;/h7-9,11-12,16H,6,10,13-15H2,1-5H3,(H,22,25);4-6,8-9,13H,3,7,10-12,17H2,1-2H3;2-4,6-7,11H,5,8-10H2,1H3,(H,15,17);2-4,6-7,12,15H,5,8-11H2,1H3;10,14H,6-9H2,1-5H3,(H,15,17);4-6,9H2,1-3H3,(H,10,11);4H,3H2,1-2H3;1H;1-2H3;2H,1H3;1H3;1H4;;/q;;;;;;;;;;-1;;;+1/i;;;;;;;;1D;;;;;. The van der Waals surface area contributed by atoms with E-state index in [0.29, 0.717) is 98.3 Å². The van der Waals surface area contributed by atoms with Crippen molar-refractivity contribution in [2.45, 2.75) is 276 Å². The van der Waals surface area contributed by atoms with Gasteiger partial charge in [-0.05, 0) is 219 Å². The van der Waals surface area contributed by atoms with Crippen molar-refractivity contribution < 1.29 is 169 Å². The van der Waals surface area contributed by atoms with Gasteiger partial charge in [-0.1, -0.05) is 159 Å². The van der Waals surface area contributed by atoms with Crippen LogP contribution in [0.5, 0.6) is 0 Å². The molecule has 8 amide bonds. The molecule has 0 spiro atoms. The SMILES string of the molecule is C.CC(C)(C)OC(=O)NCCCN.CC1C(=O)NCCCN1C(=O)OCc1ccccc1.CC1CNCCCN1C(=O)OCc1ccccc1.CCOC(=O)C(C)Br.CCOC(=O)C(C)N(CCCN)C(=O)OCc1ccccc1.CCOC(=O)C(C)N(CCCNC(=O)OC(C)(C)C)C(=O)OCc1ccccc1.CCOC(=O)C(C)NCCCNC(=O)OC(C)(C)C.CO.C[O-].O=CC(F)(F)F.[2H]CC.[B][B][B].[Na+]. The van der Waals surface area contributed by atoms with Crippen LogP contribution in [0.15, 0.2) is 121 Å². The van der Waals surface area contributed by atoms with E-state index in [0.717, 1.165) is 82.4 Å². The second-order valence-electron chi connectivity index (χ2n) is 32.4. The molecule has 2 aliphatic heterocycles. The Morgan fingerprint density at radius 2 is 0.840 bits per heavy atom. The molecule has 0 aromatic heterocycles. The van der Waals surface area contributed by atoms with Crippen molar-refractivity contribution in [2.24, 2.45) is 11.5 Å². The first-order valence-corrected chi connectivity index (χ1v) is 47.5. The molecule has 0 saturated carbocycles. The summed E-state index contributed by atoms with van der Waals surface area (Å²) in [6.45, 7) is 45.4. The van der Waals surface area contributed by atoms with E-state index in [1.165, 1.54) is 14.7 Å². The van der Waals surface area contributed by atoms with Crippen molar-refractivity contribution in [3.8, 4) is 0 Å². The quantitative estimate of drug-likeness (QED) is 0.00535. The van der Waals surface area contributed by atoms with Crippen molar-refractivity contribution in [3.63, 3.8) is 0 Å². The third-order valence-corrected chi connectivity index (χ3v) is 17.5. The van der Waals surface area contributed by atoms with E-state index < -0.39 is 89.8 Å². The number of aliphatic hydroxyl groups is 1. The molecule has 6 rings (SSSR count). The minimum Gasteiger partial charge on any atom is -0.857 e. The number of halogens is 4. The van der Waals surface area contributed by atoms with Crippen LogP contribution in [0, 0.1) is 0 Å². The second-order valence-corrected chi connectivity index (χ2v) is 33.8. The number of nitrogens with zero attached hydrogens (tertiary/aromatic N) is 4. The van der Waals surface area contributed by atoms with Gasteiger partial charge in [-0.15, -0.1) is 0 Å². The number of ether oxygens (including phenoxy) is 11. The zero-order valence-corrected chi connectivity index (χ0v) is 91.8. The number of alkyl carbamates (subject to hydrolysis) is 3. The summed E-state index contributed by atoms with van der Waals surface area (Å²) in [5.41, 5.74) is 12.9. The van der Waals surface area contributed by atoms with Gasteiger partial charge in [0.25, 0.3) is 0 Å². The molecular formula is C98H165B3BrF3N12NaO26. The van der Waals surface area contributed by atoms with E-state index in [-0.39, 0.29) is 130 Å². The minimum atomic E-state index is -4.64. The fraction of sp³-hybridized carbons (Fsp3) is 0.622. The summed E-state index contributed by atoms with van der Waals surface area (Å²) in [4.78, 5) is 155. The number of carbonyl (C=O) groups excluding carboxylic acids is 13. The maximum Gasteiger partial charge on any atom is 1.00 e. The van der Waals surface area contributed by atoms with Gasteiger partial charge in [0.2, 0.25) is 12.2 Å². The Kier molecular flexibility index (Phi) is 94.8. The molecule has 2 saturated heterocycles. The van der Waals surface area contributed by atoms with E-state index in [2.05, 4.69) is 68.0 Å². The molecule has 4 aromatic rings. The second kappa shape index (κ2) is 92.8. The van der Waals surface area contributed by atoms with Crippen molar-refractivity contribution in [1.82, 2.24) is 51.5 Å². The average molecular weight is 2120 g/mol. The van der Waals surface area contributed by atoms with E-state index >= 15 is 0 Å². The van der Waals surface area contributed by atoms with Gasteiger partial charge in [0.1, 0.15) is 72.2 Å². The number of nitrogens with two attached hydrogens (primary N) is 2. The number of carbonyl (C=O) groups is 13. The summed E-state index contributed by atoms with van der Waals surface area (Å²) >= 11 is 3.07. The summed E-state index contributed by atoms with van der Waals surface area (Å²) in [7, 11) is 11.8. The fourth-order valence-electron chi connectivity index (χ4n) is 10.5. The number of alkyl halides is 4. The third kappa shape index (κ3) is 85.3. The van der Waals surface area contributed by atoms with Gasteiger partial charge in [0, 0.05) is 96.0 Å². The molecule has 2 fully saturated rings. The normalized spacial score (nSPS) is 13.3. The van der Waals surface area contributed by atoms with Crippen LogP contribution in [-0.4, -0.2) is 310 Å². The van der Waals surface area contributed by atoms with Crippen molar-refractivity contribution in [1.29, 1.82) is 0 Å². The van der Waals surface area contributed by atoms with Gasteiger partial charge in [-0.25, -0.2) is 43.2 Å². The molecule has 5 radical (unpaired) electrons. The van der Waals surface area contributed by atoms with Crippen LogP contribution in [0.25, 0.3) is 0 Å². The minimum absolute atomic E-state index is 0. The number of aliphatic hydroxyl groups excluding tert-OH is 1. The summed E-state index contributed by atoms with van der Waals surface area (Å²) in [5, 5.41) is 32.2. The molecule has 811 valence electrons. The maximum atomic E-state index is 12.6. The van der Waals surface area contributed by atoms with Crippen LogP contribution in [0.3, 0.4) is 0 Å². The topological polar surface area (TPSA) is 504 Å². The Morgan fingerprint density at radius 1 is 0.535 bits per heavy atom. The number of amides is 8. The van der Waals surface area contributed by atoms with Crippen LogP contribution in [0.2, 0.25) is 0 Å². The van der Waals surface area contributed by atoms with E-state index in [4.69, 9.17) is 75.2 Å². The maximum absolute atomic E-state index is 12.6. The molecule has 6 atom stereocenters. The zero-order chi connectivity index (χ0) is 110. The third-order valence-electron chi connectivity index (χ3n) is 17.1. The largest absolute Gasteiger partial charge is 1.00 e. The Balaban J connectivity index is -0.000000249. The van der Waals surface area contributed by atoms with Crippen LogP contribution >= 0.6 is 15.9 Å². The molecular weight excluding hydrogens is 1950 g/mol. The zero-order valence-electron chi connectivity index (χ0n) is 89.2. The molecule has 0 aliphatic carbocycles. The average Bonchev–Trinajstić information content (AvgIpc) is 1.09. The number of nitrogens with one attached hydrogen (secondary N) is 6. The smallest absolute Gasteiger partial charge is 0.857 e. The Hall–Kier alpha value is -9.99. The van der Waals surface area contributed by atoms with Crippen molar-refractivity contribution in [2.75, 3.05) is 126 Å². The molecule has 4 aromatic carbocycles. The van der Waals surface area contributed by atoms with Gasteiger partial charge in [0.15, 0.2) is 0 Å². The number of hydrogen-bond donors (Lipinski definition) is 9. The number of aldehydes is 1. The van der Waals surface area contributed by atoms with Gasteiger partial charge in [0.05, 0.1) is 26.4 Å². The number of rotatable bonds is 33. The molecule has 2 heterocycles. The Labute approximate surface area is 888 Å². The van der Waals surface area contributed by atoms with Gasteiger partial charge in [-0.3, -0.25) is 33.9 Å². The Bertz CT molecular complexity index is 3990. The number of esters is 4. The first kappa shape index (κ1) is 147. The monoisotopic (exact) mass is 2120 g/mol. The Morgan fingerprint density at radius 3 is 1.17 bits per heavy atom. The molecule has 0 bridgehead atoms. The summed E-state index contributed by atoms with van der Waals surface area (Å²) in [6, 6.07) is 35.8. The molecule has 46 heteroatoms. The summed E-state index contributed by atoms with van der Waals surface area (Å²) < 4.78 is 93.4. The fourth-order valence-corrected chi connectivity index (χ4v) is 10.6. The van der Waals surface area contributed by atoms with Crippen LogP contribution in [0.4, 0.5) is 46.7 Å². The first-order chi connectivity index (χ1) is 67.5. The molecule has 2 aliphatic rings. The predicted octanol–water partition coefficient (Wildman–Crippen LogP) is 9.45. The van der Waals surface area contributed by atoms with Gasteiger partial charge >= 0.3 is 102 Å². The van der Waals surface area contributed by atoms with Crippen molar-refractivity contribution >= 4 is 117 Å². The van der Waals surface area contributed by atoms with E-state index in [1.807, 2.05) is 175 Å². The number of benzene rings is 4. The van der Waals surface area contributed by atoms with E-state index in [1.54, 1.807) is 90.0 Å². The molecule has 144 heavy (non-hydrogen) atoms.